The number of hydrogen-bond donors (Lipinski definition) is 1. The number of ether oxygens (including phenoxy) is 1. The first-order chi connectivity index (χ1) is 8.15. The normalized spacial score (nSPS) is 33.0. The van der Waals surface area contributed by atoms with Crippen LogP contribution >= 0.6 is 15.9 Å². The van der Waals surface area contributed by atoms with Gasteiger partial charge in [-0.25, -0.2) is 4.39 Å². The molecule has 0 amide bonds. The first-order valence-corrected chi connectivity index (χ1v) is 6.80. The van der Waals surface area contributed by atoms with Crippen LogP contribution in [-0.4, -0.2) is 12.2 Å². The summed E-state index contributed by atoms with van der Waals surface area (Å²) in [5.74, 6) is 0.0426. The molecule has 4 unspecified atom stereocenters. The molecule has 0 aliphatic carbocycles. The molecule has 17 heavy (non-hydrogen) atoms. The Kier molecular flexibility index (Phi) is 2.97. The van der Waals surface area contributed by atoms with Gasteiger partial charge in [0.15, 0.2) is 0 Å². The quantitative estimate of drug-likeness (QED) is 0.910. The smallest absolute Gasteiger partial charge is 0.128 e. The molecule has 3 rings (SSSR count). The fourth-order valence-corrected chi connectivity index (χ4v) is 3.43. The maximum atomic E-state index is 13.8. The van der Waals surface area contributed by atoms with E-state index < -0.39 is 0 Å². The molecular formula is C13H15BrFNO. The molecule has 0 aromatic heterocycles. The van der Waals surface area contributed by atoms with E-state index in [0.717, 1.165) is 23.7 Å². The molecule has 0 spiro atoms. The van der Waals surface area contributed by atoms with E-state index in [1.807, 2.05) is 0 Å². The number of hydrogen-bond acceptors (Lipinski definition) is 2. The van der Waals surface area contributed by atoms with Crippen molar-refractivity contribution in [1.82, 2.24) is 0 Å². The summed E-state index contributed by atoms with van der Waals surface area (Å²) in [4.78, 5) is 0. The molecule has 4 heteroatoms. The van der Waals surface area contributed by atoms with Crippen molar-refractivity contribution in [3.8, 4) is 0 Å². The van der Waals surface area contributed by atoms with Crippen molar-refractivity contribution in [2.75, 3.05) is 0 Å². The topological polar surface area (TPSA) is 35.2 Å². The van der Waals surface area contributed by atoms with Crippen LogP contribution in [0.1, 0.15) is 30.9 Å². The zero-order valence-corrected chi connectivity index (χ0v) is 11.0. The molecule has 2 aliphatic heterocycles. The first kappa shape index (κ1) is 11.6. The zero-order chi connectivity index (χ0) is 12.0. The van der Waals surface area contributed by atoms with Gasteiger partial charge >= 0.3 is 0 Å². The second kappa shape index (κ2) is 4.34. The minimum absolute atomic E-state index is 0.219. The van der Waals surface area contributed by atoms with Gasteiger partial charge in [0.05, 0.1) is 12.2 Å². The second-order valence-corrected chi connectivity index (χ2v) is 5.88. The lowest BCUT2D eigenvalue weighted by Gasteiger charge is -2.26. The van der Waals surface area contributed by atoms with Crippen LogP contribution in [0, 0.1) is 11.7 Å². The fourth-order valence-electron chi connectivity index (χ4n) is 3.06. The Morgan fingerprint density at radius 2 is 2.24 bits per heavy atom. The highest BCUT2D eigenvalue weighted by molar-refractivity contribution is 9.10. The molecule has 1 aromatic rings. The van der Waals surface area contributed by atoms with E-state index in [4.69, 9.17) is 10.5 Å². The van der Waals surface area contributed by atoms with Gasteiger partial charge in [0.2, 0.25) is 0 Å². The molecule has 2 bridgehead atoms. The van der Waals surface area contributed by atoms with Gasteiger partial charge in [-0.2, -0.15) is 0 Å². The van der Waals surface area contributed by atoms with Gasteiger partial charge in [0, 0.05) is 22.0 Å². The highest BCUT2D eigenvalue weighted by atomic mass is 79.9. The minimum atomic E-state index is -0.261. The van der Waals surface area contributed by atoms with Crippen LogP contribution in [0.5, 0.6) is 0 Å². The molecule has 4 atom stereocenters. The van der Waals surface area contributed by atoms with E-state index in [2.05, 4.69) is 15.9 Å². The molecule has 2 fully saturated rings. The summed E-state index contributed by atoms with van der Waals surface area (Å²) in [5, 5.41) is 0. The highest BCUT2D eigenvalue weighted by Gasteiger charge is 2.44. The Hall–Kier alpha value is -0.450. The highest BCUT2D eigenvalue weighted by Crippen LogP contribution is 2.44. The summed E-state index contributed by atoms with van der Waals surface area (Å²) in [6.45, 7) is 0. The van der Waals surface area contributed by atoms with Crippen molar-refractivity contribution in [2.45, 2.75) is 37.5 Å². The molecule has 2 heterocycles. The Bertz CT molecular complexity index is 439. The molecule has 0 radical (unpaired) electrons. The number of nitrogens with two attached hydrogens (primary N) is 1. The molecule has 2 N–H and O–H groups in total. The van der Waals surface area contributed by atoms with Crippen LogP contribution in [-0.2, 0) is 4.74 Å². The van der Waals surface area contributed by atoms with Crippen molar-refractivity contribution in [2.24, 2.45) is 11.7 Å². The van der Waals surface area contributed by atoms with Gasteiger partial charge in [-0.3, -0.25) is 0 Å². The monoisotopic (exact) mass is 299 g/mol. The van der Waals surface area contributed by atoms with E-state index in [9.17, 15) is 4.39 Å². The lowest BCUT2D eigenvalue weighted by atomic mass is 9.81. The fraction of sp³-hybridized carbons (Fsp3) is 0.538. The van der Waals surface area contributed by atoms with E-state index >= 15 is 0 Å². The third-order valence-electron chi connectivity index (χ3n) is 3.93. The summed E-state index contributed by atoms with van der Waals surface area (Å²) in [7, 11) is 0. The lowest BCUT2D eigenvalue weighted by molar-refractivity contribution is 0.0882. The van der Waals surface area contributed by atoms with Gasteiger partial charge in [-0.15, -0.1) is 0 Å². The van der Waals surface area contributed by atoms with Crippen molar-refractivity contribution >= 4 is 15.9 Å². The predicted octanol–water partition coefficient (Wildman–Crippen LogP) is 3.16. The maximum Gasteiger partial charge on any atom is 0.128 e. The third kappa shape index (κ3) is 2.02. The van der Waals surface area contributed by atoms with E-state index in [-0.39, 0.29) is 23.9 Å². The maximum absolute atomic E-state index is 13.8. The first-order valence-electron chi connectivity index (χ1n) is 6.01. The third-order valence-corrected chi connectivity index (χ3v) is 4.42. The zero-order valence-electron chi connectivity index (χ0n) is 9.40. The van der Waals surface area contributed by atoms with Crippen molar-refractivity contribution in [3.05, 3.63) is 34.1 Å². The van der Waals surface area contributed by atoms with Crippen LogP contribution in [0.3, 0.4) is 0 Å². The number of benzene rings is 1. The molecule has 1 aromatic carbocycles. The van der Waals surface area contributed by atoms with Crippen LogP contribution in [0.25, 0.3) is 0 Å². The van der Waals surface area contributed by atoms with Gasteiger partial charge < -0.3 is 10.5 Å². The summed E-state index contributed by atoms with van der Waals surface area (Å²) in [5.41, 5.74) is 6.81. The van der Waals surface area contributed by atoms with Crippen molar-refractivity contribution < 1.29 is 9.13 Å². The summed E-state index contributed by atoms with van der Waals surface area (Å²) in [6.07, 6.45) is 3.75. The van der Waals surface area contributed by atoms with E-state index in [1.165, 1.54) is 6.07 Å². The van der Waals surface area contributed by atoms with Gasteiger partial charge in [0.25, 0.3) is 0 Å². The SMILES string of the molecule is NC(c1cc(Br)ccc1F)C1CC2CCC1O2. The van der Waals surface area contributed by atoms with E-state index in [0.29, 0.717) is 11.7 Å². The van der Waals surface area contributed by atoms with Crippen molar-refractivity contribution in [3.63, 3.8) is 0 Å². The molecule has 2 aliphatic rings. The average molecular weight is 300 g/mol. The summed E-state index contributed by atoms with van der Waals surface area (Å²) >= 11 is 3.36. The second-order valence-electron chi connectivity index (χ2n) is 4.97. The molecule has 92 valence electrons. The van der Waals surface area contributed by atoms with Crippen molar-refractivity contribution in [1.29, 1.82) is 0 Å². The largest absolute Gasteiger partial charge is 0.375 e. The van der Waals surface area contributed by atoms with Gasteiger partial charge in [-0.1, -0.05) is 15.9 Å². The van der Waals surface area contributed by atoms with Crippen LogP contribution in [0.4, 0.5) is 4.39 Å². The van der Waals surface area contributed by atoms with Gasteiger partial charge in [0.1, 0.15) is 5.82 Å². The average Bonchev–Trinajstić information content (AvgIpc) is 2.93. The summed E-state index contributed by atoms with van der Waals surface area (Å²) < 4.78 is 20.4. The van der Waals surface area contributed by atoms with Crippen LogP contribution < -0.4 is 5.73 Å². The molecule has 2 nitrogen and oxygen atoms in total. The predicted molar refractivity (Wildman–Crippen MR) is 67.0 cm³/mol. The summed E-state index contributed by atoms with van der Waals surface area (Å²) in [6, 6.07) is 4.69. The van der Waals surface area contributed by atoms with Gasteiger partial charge in [-0.05, 0) is 37.5 Å². The molecular weight excluding hydrogens is 285 g/mol. The molecule has 0 saturated carbocycles. The molecule has 2 saturated heterocycles. The minimum Gasteiger partial charge on any atom is -0.375 e. The number of fused-ring (bicyclic) bond motifs is 2. The lowest BCUT2D eigenvalue weighted by Crippen LogP contribution is -2.30. The van der Waals surface area contributed by atoms with Crippen LogP contribution in [0.2, 0.25) is 0 Å². The standard InChI is InChI=1S/C13H15BrFNO/c14-7-1-3-11(15)9(5-7)13(16)10-6-8-2-4-12(10)17-8/h1,3,5,8,10,12-13H,2,4,6,16H2. The Balaban J connectivity index is 1.86. The Morgan fingerprint density at radius 1 is 1.41 bits per heavy atom. The Labute approximate surface area is 108 Å². The van der Waals surface area contributed by atoms with Crippen LogP contribution in [0.15, 0.2) is 22.7 Å². The van der Waals surface area contributed by atoms with E-state index in [1.54, 1.807) is 12.1 Å². The number of rotatable bonds is 2. The number of halogens is 2. The Morgan fingerprint density at radius 3 is 2.88 bits per heavy atom.